The Kier molecular flexibility index (Phi) is 7.58. The van der Waals surface area contributed by atoms with Crippen molar-refractivity contribution in [2.24, 2.45) is 0 Å². The Morgan fingerprint density at radius 2 is 1.97 bits per heavy atom. The van der Waals surface area contributed by atoms with E-state index in [1.54, 1.807) is 7.11 Å². The molecule has 3 aromatic rings. The molecule has 10 heteroatoms. The van der Waals surface area contributed by atoms with Crippen LogP contribution in [0.5, 0.6) is 6.01 Å². The zero-order valence-electron chi connectivity index (χ0n) is 19.8. The number of benzene rings is 1. The molecule has 3 heterocycles. The van der Waals surface area contributed by atoms with Gasteiger partial charge in [-0.1, -0.05) is 0 Å². The summed E-state index contributed by atoms with van der Waals surface area (Å²) in [4.78, 5) is 21.3. The molecule has 1 aromatic carbocycles. The van der Waals surface area contributed by atoms with Gasteiger partial charge in [0.25, 0.3) is 0 Å². The molecule has 0 aliphatic carbocycles. The van der Waals surface area contributed by atoms with E-state index in [2.05, 4.69) is 56.1 Å². The van der Waals surface area contributed by atoms with E-state index in [0.29, 0.717) is 37.7 Å². The number of nitrogens with zero attached hydrogens (tertiary/aromatic N) is 5. The van der Waals surface area contributed by atoms with E-state index in [-0.39, 0.29) is 0 Å². The van der Waals surface area contributed by atoms with E-state index >= 15 is 0 Å². The Morgan fingerprint density at radius 1 is 1.15 bits per heavy atom. The van der Waals surface area contributed by atoms with Crippen molar-refractivity contribution in [2.75, 3.05) is 77.0 Å². The molecule has 2 N–H and O–H groups in total. The maximum absolute atomic E-state index is 5.93. The molecule has 0 atom stereocenters. The topological polar surface area (TPSA) is 101 Å². The molecule has 0 unspecified atom stereocenters. The number of methoxy groups -OCH3 is 1. The predicted molar refractivity (Wildman–Crippen MR) is 129 cm³/mol. The van der Waals surface area contributed by atoms with Crippen LogP contribution < -0.4 is 15.0 Å². The molecular formula is C23H33N7O3. The third-order valence-electron chi connectivity index (χ3n) is 5.88. The maximum atomic E-state index is 5.93. The second-order valence-corrected chi connectivity index (χ2v) is 8.22. The molecule has 4 rings (SSSR count). The molecule has 178 valence electrons. The van der Waals surface area contributed by atoms with Gasteiger partial charge < -0.3 is 29.4 Å². The van der Waals surface area contributed by atoms with Crippen LogP contribution in [-0.4, -0.2) is 91.6 Å². The van der Waals surface area contributed by atoms with Crippen LogP contribution in [0.2, 0.25) is 0 Å². The summed E-state index contributed by atoms with van der Waals surface area (Å²) in [6.07, 6.45) is 0. The zero-order chi connectivity index (χ0) is 23.2. The van der Waals surface area contributed by atoms with Crippen molar-refractivity contribution in [2.45, 2.75) is 13.8 Å². The number of morpholine rings is 1. The minimum Gasteiger partial charge on any atom is -0.462 e. The van der Waals surface area contributed by atoms with Crippen LogP contribution in [0, 0.1) is 13.8 Å². The van der Waals surface area contributed by atoms with Gasteiger partial charge >= 0.3 is 6.01 Å². The number of likely N-dealkylation sites (N-methyl/N-ethyl adjacent to an activating group) is 1. The molecule has 10 nitrogen and oxygen atoms in total. The molecule has 0 bridgehead atoms. The Bertz CT molecular complexity index is 1070. The number of hydrogen-bond acceptors (Lipinski definition) is 9. The van der Waals surface area contributed by atoms with Gasteiger partial charge in [0.15, 0.2) is 0 Å². The number of rotatable bonds is 10. The lowest BCUT2D eigenvalue weighted by molar-refractivity contribution is 0.0317. The van der Waals surface area contributed by atoms with Crippen LogP contribution in [0.1, 0.15) is 11.3 Å². The first-order chi connectivity index (χ1) is 16.0. The molecule has 33 heavy (non-hydrogen) atoms. The van der Waals surface area contributed by atoms with Crippen molar-refractivity contribution in [1.82, 2.24) is 24.8 Å². The molecule has 0 amide bonds. The lowest BCUT2D eigenvalue weighted by Crippen LogP contribution is -2.38. The van der Waals surface area contributed by atoms with Crippen molar-refractivity contribution < 1.29 is 14.2 Å². The van der Waals surface area contributed by atoms with Crippen LogP contribution in [0.25, 0.3) is 10.9 Å². The Morgan fingerprint density at radius 3 is 2.76 bits per heavy atom. The Hall–Kier alpha value is -2.95. The maximum Gasteiger partial charge on any atom is 0.323 e. The first kappa shape index (κ1) is 23.2. The molecule has 1 saturated heterocycles. The Balaban J connectivity index is 1.52. The van der Waals surface area contributed by atoms with Gasteiger partial charge in [0.2, 0.25) is 11.9 Å². The minimum absolute atomic E-state index is 0.301. The largest absolute Gasteiger partial charge is 0.462 e. The fraction of sp³-hybridized carbons (Fsp3) is 0.522. The van der Waals surface area contributed by atoms with Crippen molar-refractivity contribution in [3.63, 3.8) is 0 Å². The van der Waals surface area contributed by atoms with Crippen LogP contribution in [0.3, 0.4) is 0 Å². The first-order valence-corrected chi connectivity index (χ1v) is 11.3. The molecule has 1 fully saturated rings. The normalized spacial score (nSPS) is 14.5. The fourth-order valence-corrected chi connectivity index (χ4v) is 3.72. The quantitative estimate of drug-likeness (QED) is 0.477. The van der Waals surface area contributed by atoms with Crippen LogP contribution >= 0.6 is 0 Å². The number of anilines is 3. The third-order valence-corrected chi connectivity index (χ3v) is 5.88. The smallest absolute Gasteiger partial charge is 0.323 e. The predicted octanol–water partition coefficient (Wildman–Crippen LogP) is 2.51. The van der Waals surface area contributed by atoms with Crippen LogP contribution in [0.4, 0.5) is 17.6 Å². The summed E-state index contributed by atoms with van der Waals surface area (Å²) in [5.41, 5.74) is 4.41. The molecule has 1 aliphatic rings. The second-order valence-electron chi connectivity index (χ2n) is 8.22. The number of hydrogen-bond donors (Lipinski definition) is 2. The number of fused-ring (bicyclic) bond motifs is 1. The van der Waals surface area contributed by atoms with E-state index in [4.69, 9.17) is 14.2 Å². The van der Waals surface area contributed by atoms with Crippen molar-refractivity contribution >= 4 is 28.5 Å². The van der Waals surface area contributed by atoms with Crippen LogP contribution in [0.15, 0.2) is 18.2 Å². The minimum atomic E-state index is 0.301. The summed E-state index contributed by atoms with van der Waals surface area (Å²) in [6.45, 7) is 10.1. The standard InChI is InChI=1S/C23H33N7O3/c1-16-17(2)24-20-6-5-18(15-19(16)20)25-21-26-22(29(3)7-11-31-4)28-23(27-21)33-14-10-30-8-12-32-13-9-30/h5-6,15,24H,7-14H2,1-4H3,(H,25,26,27,28). The lowest BCUT2D eigenvalue weighted by Gasteiger charge is -2.26. The summed E-state index contributed by atoms with van der Waals surface area (Å²) in [7, 11) is 3.60. The summed E-state index contributed by atoms with van der Waals surface area (Å²) >= 11 is 0. The molecule has 0 saturated carbocycles. The summed E-state index contributed by atoms with van der Waals surface area (Å²) in [5, 5.41) is 4.50. The summed E-state index contributed by atoms with van der Waals surface area (Å²) < 4.78 is 16.5. The number of aromatic amines is 1. The van der Waals surface area contributed by atoms with Gasteiger partial charge in [-0.05, 0) is 37.6 Å². The summed E-state index contributed by atoms with van der Waals surface area (Å²) in [6, 6.07) is 6.47. The monoisotopic (exact) mass is 455 g/mol. The van der Waals surface area contributed by atoms with Gasteiger partial charge in [-0.25, -0.2) is 0 Å². The average molecular weight is 456 g/mol. The fourth-order valence-electron chi connectivity index (χ4n) is 3.72. The van der Waals surface area contributed by atoms with Gasteiger partial charge in [-0.2, -0.15) is 15.0 Å². The van der Waals surface area contributed by atoms with E-state index in [9.17, 15) is 0 Å². The summed E-state index contributed by atoms with van der Waals surface area (Å²) in [5.74, 6) is 0.968. The highest BCUT2D eigenvalue weighted by atomic mass is 16.5. The van der Waals surface area contributed by atoms with Crippen LogP contribution in [-0.2, 0) is 9.47 Å². The highest BCUT2D eigenvalue weighted by Gasteiger charge is 2.14. The van der Waals surface area contributed by atoms with E-state index in [0.717, 1.165) is 44.1 Å². The SMILES string of the molecule is COCCN(C)c1nc(Nc2ccc3[nH]c(C)c(C)c3c2)nc(OCCN2CCOCC2)n1. The molecule has 2 aromatic heterocycles. The molecule has 0 radical (unpaired) electrons. The van der Waals surface area contributed by atoms with Crippen molar-refractivity contribution in [3.8, 4) is 6.01 Å². The first-order valence-electron chi connectivity index (χ1n) is 11.3. The highest BCUT2D eigenvalue weighted by molar-refractivity contribution is 5.87. The number of aromatic nitrogens is 4. The molecule has 0 spiro atoms. The van der Waals surface area contributed by atoms with Gasteiger partial charge in [0, 0.05) is 62.6 Å². The molecular weight excluding hydrogens is 422 g/mol. The van der Waals surface area contributed by atoms with E-state index in [1.165, 1.54) is 16.6 Å². The average Bonchev–Trinajstić information content (AvgIpc) is 3.11. The van der Waals surface area contributed by atoms with Gasteiger partial charge in [0.1, 0.15) is 6.61 Å². The highest BCUT2D eigenvalue weighted by Crippen LogP contribution is 2.26. The number of ether oxygens (including phenoxy) is 3. The van der Waals surface area contributed by atoms with Gasteiger partial charge in [-0.3, -0.25) is 4.90 Å². The Labute approximate surface area is 194 Å². The van der Waals surface area contributed by atoms with Gasteiger partial charge in [0.05, 0.1) is 19.8 Å². The number of nitrogens with one attached hydrogen (secondary N) is 2. The zero-order valence-corrected chi connectivity index (χ0v) is 19.8. The lowest BCUT2D eigenvalue weighted by atomic mass is 10.1. The second kappa shape index (κ2) is 10.8. The third kappa shape index (κ3) is 5.89. The van der Waals surface area contributed by atoms with Gasteiger partial charge in [-0.15, -0.1) is 0 Å². The van der Waals surface area contributed by atoms with E-state index < -0.39 is 0 Å². The van der Waals surface area contributed by atoms with Crippen molar-refractivity contribution in [1.29, 1.82) is 0 Å². The van der Waals surface area contributed by atoms with E-state index in [1.807, 2.05) is 18.0 Å². The molecule has 1 aliphatic heterocycles. The number of aryl methyl sites for hydroxylation is 2. The van der Waals surface area contributed by atoms with Crippen molar-refractivity contribution in [3.05, 3.63) is 29.5 Å². The number of H-pyrrole nitrogens is 1.